The van der Waals surface area contributed by atoms with Crippen molar-refractivity contribution in [3.05, 3.63) is 0 Å². The number of hydrogen-bond donors (Lipinski definition) is 6. The lowest BCUT2D eigenvalue weighted by atomic mass is 9.99. The minimum Gasteiger partial charge on any atom is -0.394 e. The fourth-order valence-corrected chi connectivity index (χ4v) is 1.46. The first-order valence-corrected chi connectivity index (χ1v) is 5.22. The molecule has 1 fully saturated rings. The molecule has 5 unspecified atom stereocenters. The average Bonchev–Trinajstić information content (AvgIpc) is 2.34. The molecule has 0 radical (unpaired) electrons. The molecule has 1 saturated heterocycles. The highest BCUT2D eigenvalue weighted by Gasteiger charge is 2.44. The molecule has 0 aromatic carbocycles. The lowest BCUT2D eigenvalue weighted by Gasteiger charge is -2.39. The van der Waals surface area contributed by atoms with Crippen molar-refractivity contribution in [3.8, 4) is 0 Å². The summed E-state index contributed by atoms with van der Waals surface area (Å²) in [5.74, 6) is 0. The molecule has 0 saturated carbocycles. The summed E-state index contributed by atoms with van der Waals surface area (Å²) in [6.45, 7) is -1.37. The molecule has 0 aromatic rings. The Labute approximate surface area is 97.6 Å². The first kappa shape index (κ1) is 14.7. The standard InChI is InChI=1S/C9H18O8/c10-1-4(12)3-16-9-8(15)7(14)6(13)5(2-11)17-9/h4-15H,1-3H2/t4?,5?,6?,7-,8?,9?/m0/s1. The third kappa shape index (κ3) is 3.57. The van der Waals surface area contributed by atoms with E-state index in [2.05, 4.69) is 0 Å². The fraction of sp³-hybridized carbons (Fsp3) is 1.00. The van der Waals surface area contributed by atoms with Gasteiger partial charge in [0.25, 0.3) is 0 Å². The zero-order chi connectivity index (χ0) is 13.0. The van der Waals surface area contributed by atoms with Gasteiger partial charge >= 0.3 is 0 Å². The van der Waals surface area contributed by atoms with Gasteiger partial charge < -0.3 is 40.1 Å². The number of aliphatic hydroxyl groups excluding tert-OH is 6. The van der Waals surface area contributed by atoms with Crippen LogP contribution < -0.4 is 0 Å². The molecular weight excluding hydrogens is 236 g/mol. The second-order valence-electron chi connectivity index (χ2n) is 3.87. The summed E-state index contributed by atoms with van der Waals surface area (Å²) in [5.41, 5.74) is 0. The Bertz CT molecular complexity index is 223. The van der Waals surface area contributed by atoms with Gasteiger partial charge in [-0.15, -0.1) is 0 Å². The van der Waals surface area contributed by atoms with Crippen molar-refractivity contribution in [2.45, 2.75) is 36.8 Å². The molecule has 1 aliphatic heterocycles. The Kier molecular flexibility index (Phi) is 5.70. The second kappa shape index (κ2) is 6.57. The number of aliphatic hydroxyl groups is 6. The van der Waals surface area contributed by atoms with E-state index in [0.717, 1.165) is 0 Å². The van der Waals surface area contributed by atoms with Gasteiger partial charge in [0, 0.05) is 0 Å². The second-order valence-corrected chi connectivity index (χ2v) is 3.87. The summed E-state index contributed by atoms with van der Waals surface area (Å²) in [4.78, 5) is 0. The van der Waals surface area contributed by atoms with Gasteiger partial charge in [-0.05, 0) is 0 Å². The van der Waals surface area contributed by atoms with Crippen LogP contribution in [0.15, 0.2) is 0 Å². The van der Waals surface area contributed by atoms with E-state index in [0.29, 0.717) is 0 Å². The van der Waals surface area contributed by atoms with Crippen LogP contribution in [0.2, 0.25) is 0 Å². The molecule has 1 heterocycles. The number of rotatable bonds is 5. The fourth-order valence-electron chi connectivity index (χ4n) is 1.46. The normalized spacial score (nSPS) is 40.2. The molecule has 6 N–H and O–H groups in total. The molecular formula is C9H18O8. The first-order chi connectivity index (χ1) is 8.01. The van der Waals surface area contributed by atoms with Crippen molar-refractivity contribution in [2.75, 3.05) is 19.8 Å². The SMILES string of the molecule is OCC(O)COC1OC(CO)C(O)[C@H](O)C1O. The van der Waals surface area contributed by atoms with Crippen molar-refractivity contribution in [1.29, 1.82) is 0 Å². The van der Waals surface area contributed by atoms with E-state index >= 15 is 0 Å². The highest BCUT2D eigenvalue weighted by atomic mass is 16.7. The molecule has 0 amide bonds. The van der Waals surface area contributed by atoms with Gasteiger partial charge in [-0.1, -0.05) is 0 Å². The summed E-state index contributed by atoms with van der Waals surface area (Å²) < 4.78 is 9.93. The lowest BCUT2D eigenvalue weighted by molar-refractivity contribution is -0.304. The largest absolute Gasteiger partial charge is 0.394 e. The van der Waals surface area contributed by atoms with Gasteiger partial charge in [0.05, 0.1) is 19.8 Å². The maximum absolute atomic E-state index is 9.52. The van der Waals surface area contributed by atoms with Crippen LogP contribution in [-0.2, 0) is 9.47 Å². The van der Waals surface area contributed by atoms with Crippen LogP contribution in [0, 0.1) is 0 Å². The van der Waals surface area contributed by atoms with Crippen molar-refractivity contribution in [3.63, 3.8) is 0 Å². The Balaban J connectivity index is 2.53. The summed E-state index contributed by atoms with van der Waals surface area (Å²) in [5, 5.41) is 54.9. The molecule has 8 nitrogen and oxygen atoms in total. The molecule has 0 aromatic heterocycles. The van der Waals surface area contributed by atoms with Crippen molar-refractivity contribution >= 4 is 0 Å². The van der Waals surface area contributed by atoms with E-state index in [1.54, 1.807) is 0 Å². The summed E-state index contributed by atoms with van der Waals surface area (Å²) >= 11 is 0. The maximum atomic E-state index is 9.52. The molecule has 102 valence electrons. The van der Waals surface area contributed by atoms with E-state index in [1.165, 1.54) is 0 Å². The highest BCUT2D eigenvalue weighted by Crippen LogP contribution is 2.21. The van der Waals surface area contributed by atoms with Crippen molar-refractivity contribution in [2.24, 2.45) is 0 Å². The van der Waals surface area contributed by atoms with Crippen LogP contribution >= 0.6 is 0 Å². The summed E-state index contributed by atoms with van der Waals surface area (Å²) in [6.07, 6.45) is -7.94. The Hall–Kier alpha value is -0.320. The summed E-state index contributed by atoms with van der Waals surface area (Å²) in [7, 11) is 0. The average molecular weight is 254 g/mol. The Morgan fingerprint density at radius 3 is 2.24 bits per heavy atom. The zero-order valence-corrected chi connectivity index (χ0v) is 9.09. The quantitative estimate of drug-likeness (QED) is 0.293. The van der Waals surface area contributed by atoms with Crippen LogP contribution in [0.25, 0.3) is 0 Å². The van der Waals surface area contributed by atoms with E-state index < -0.39 is 50.0 Å². The number of hydrogen-bond acceptors (Lipinski definition) is 8. The third-order valence-electron chi connectivity index (χ3n) is 2.51. The van der Waals surface area contributed by atoms with E-state index in [1.807, 2.05) is 0 Å². The molecule has 1 aliphatic rings. The lowest BCUT2D eigenvalue weighted by Crippen LogP contribution is -2.59. The van der Waals surface area contributed by atoms with E-state index in [9.17, 15) is 15.3 Å². The topological polar surface area (TPSA) is 140 Å². The summed E-state index contributed by atoms with van der Waals surface area (Å²) in [6, 6.07) is 0. The monoisotopic (exact) mass is 254 g/mol. The Morgan fingerprint density at radius 1 is 1.06 bits per heavy atom. The van der Waals surface area contributed by atoms with Crippen LogP contribution in [0.5, 0.6) is 0 Å². The van der Waals surface area contributed by atoms with Gasteiger partial charge in [-0.25, -0.2) is 0 Å². The molecule has 0 spiro atoms. The Morgan fingerprint density at radius 2 is 1.71 bits per heavy atom. The maximum Gasteiger partial charge on any atom is 0.186 e. The third-order valence-corrected chi connectivity index (χ3v) is 2.51. The number of ether oxygens (including phenoxy) is 2. The van der Waals surface area contributed by atoms with Gasteiger partial charge in [-0.3, -0.25) is 0 Å². The van der Waals surface area contributed by atoms with Crippen LogP contribution in [-0.4, -0.2) is 87.3 Å². The molecule has 0 aliphatic carbocycles. The minimum atomic E-state index is -1.52. The zero-order valence-electron chi connectivity index (χ0n) is 9.09. The van der Waals surface area contributed by atoms with Crippen LogP contribution in [0.4, 0.5) is 0 Å². The van der Waals surface area contributed by atoms with Gasteiger partial charge in [0.2, 0.25) is 0 Å². The first-order valence-electron chi connectivity index (χ1n) is 5.22. The van der Waals surface area contributed by atoms with Gasteiger partial charge in [-0.2, -0.15) is 0 Å². The smallest absolute Gasteiger partial charge is 0.186 e. The van der Waals surface area contributed by atoms with Crippen molar-refractivity contribution in [1.82, 2.24) is 0 Å². The predicted molar refractivity (Wildman–Crippen MR) is 52.8 cm³/mol. The van der Waals surface area contributed by atoms with E-state index in [4.69, 9.17) is 24.8 Å². The minimum absolute atomic E-state index is 0.306. The molecule has 6 atom stereocenters. The van der Waals surface area contributed by atoms with Crippen LogP contribution in [0.3, 0.4) is 0 Å². The van der Waals surface area contributed by atoms with Crippen molar-refractivity contribution < 1.29 is 40.1 Å². The van der Waals surface area contributed by atoms with Crippen LogP contribution in [0.1, 0.15) is 0 Å². The van der Waals surface area contributed by atoms with E-state index in [-0.39, 0.29) is 6.61 Å². The molecule has 17 heavy (non-hydrogen) atoms. The predicted octanol–water partition coefficient (Wildman–Crippen LogP) is -3.84. The molecule has 0 bridgehead atoms. The van der Waals surface area contributed by atoms with Gasteiger partial charge in [0.1, 0.15) is 30.5 Å². The molecule has 8 heteroatoms. The molecule has 1 rings (SSSR count). The van der Waals surface area contributed by atoms with Gasteiger partial charge in [0.15, 0.2) is 6.29 Å². The highest BCUT2D eigenvalue weighted by molar-refractivity contribution is 4.88.